The number of rotatable bonds is 0. The minimum atomic E-state index is 0.231. The lowest BCUT2D eigenvalue weighted by Crippen LogP contribution is -1.97. The molecule has 0 fully saturated rings. The number of nitrogens with two attached hydrogens (primary N) is 2. The minimum absolute atomic E-state index is 0.231. The Hall–Kier alpha value is -2.20. The second-order valence-electron chi connectivity index (χ2n) is 2.25. The first-order chi connectivity index (χ1) is 5.69. The summed E-state index contributed by atoms with van der Waals surface area (Å²) >= 11 is 0. The van der Waals surface area contributed by atoms with E-state index in [0.717, 1.165) is 0 Å². The van der Waals surface area contributed by atoms with Crippen molar-refractivity contribution in [3.8, 4) is 12.1 Å². The van der Waals surface area contributed by atoms with Crippen molar-refractivity contribution in [2.75, 3.05) is 11.5 Å². The molecule has 0 aliphatic heterocycles. The highest BCUT2D eigenvalue weighted by Gasteiger charge is 2.04. The molecule has 0 saturated carbocycles. The Morgan fingerprint density at radius 2 is 1.50 bits per heavy atom. The quantitative estimate of drug-likeness (QED) is 0.540. The fourth-order valence-corrected chi connectivity index (χ4v) is 0.881. The first-order valence-electron chi connectivity index (χ1n) is 3.18. The van der Waals surface area contributed by atoms with Gasteiger partial charge in [0.2, 0.25) is 0 Å². The number of nitriles is 2. The predicted octanol–water partition coefficient (Wildman–Crippen LogP) is 0.594. The maximum Gasteiger partial charge on any atom is 0.103 e. The summed E-state index contributed by atoms with van der Waals surface area (Å²) in [6.45, 7) is 0. The topological polar surface area (TPSA) is 99.6 Å². The average molecular weight is 158 g/mol. The second-order valence-corrected chi connectivity index (χ2v) is 2.25. The van der Waals surface area contributed by atoms with Crippen molar-refractivity contribution in [2.24, 2.45) is 0 Å². The van der Waals surface area contributed by atoms with Gasteiger partial charge in [-0.1, -0.05) is 0 Å². The van der Waals surface area contributed by atoms with Crippen LogP contribution in [0.3, 0.4) is 0 Å². The van der Waals surface area contributed by atoms with E-state index < -0.39 is 0 Å². The molecule has 4 N–H and O–H groups in total. The highest BCUT2D eigenvalue weighted by Crippen LogP contribution is 2.20. The predicted molar refractivity (Wildman–Crippen MR) is 44.7 cm³/mol. The van der Waals surface area contributed by atoms with Gasteiger partial charge >= 0.3 is 0 Å². The molecule has 4 heteroatoms. The summed E-state index contributed by atoms with van der Waals surface area (Å²) < 4.78 is 0. The summed E-state index contributed by atoms with van der Waals surface area (Å²) in [5.74, 6) is 0. The van der Waals surface area contributed by atoms with Gasteiger partial charge in [0, 0.05) is 0 Å². The van der Waals surface area contributed by atoms with Crippen LogP contribution in [0.5, 0.6) is 0 Å². The lowest BCUT2D eigenvalue weighted by atomic mass is 10.1. The van der Waals surface area contributed by atoms with Crippen LogP contribution < -0.4 is 11.5 Å². The lowest BCUT2D eigenvalue weighted by molar-refractivity contribution is 1.45. The van der Waals surface area contributed by atoms with E-state index in [2.05, 4.69) is 0 Å². The zero-order valence-corrected chi connectivity index (χ0v) is 6.20. The van der Waals surface area contributed by atoms with Gasteiger partial charge in [0.05, 0.1) is 28.6 Å². The number of benzene rings is 1. The molecular weight excluding hydrogens is 152 g/mol. The van der Waals surface area contributed by atoms with Crippen LogP contribution in [-0.4, -0.2) is 0 Å². The van der Waals surface area contributed by atoms with Gasteiger partial charge in [0.25, 0.3) is 0 Å². The van der Waals surface area contributed by atoms with Crippen LogP contribution in [0, 0.1) is 22.7 Å². The Morgan fingerprint density at radius 1 is 1.00 bits per heavy atom. The number of hydrogen-bond acceptors (Lipinski definition) is 4. The first-order valence-corrected chi connectivity index (χ1v) is 3.18. The van der Waals surface area contributed by atoms with Gasteiger partial charge in [0.1, 0.15) is 6.07 Å². The molecule has 0 heterocycles. The molecule has 0 amide bonds. The third kappa shape index (κ3) is 1.14. The standard InChI is InChI=1S/C8H6N4/c9-3-5-1-7(11)6(4-10)8(12)2-5/h1-2H,11-12H2. The van der Waals surface area contributed by atoms with Crippen LogP contribution in [0.1, 0.15) is 11.1 Å². The van der Waals surface area contributed by atoms with Gasteiger partial charge in [0.15, 0.2) is 0 Å². The zero-order valence-electron chi connectivity index (χ0n) is 6.20. The normalized spacial score (nSPS) is 8.50. The first kappa shape index (κ1) is 7.90. The molecule has 0 aromatic heterocycles. The number of nitrogen functional groups attached to an aromatic ring is 2. The smallest absolute Gasteiger partial charge is 0.103 e. The van der Waals surface area contributed by atoms with Crippen molar-refractivity contribution in [3.63, 3.8) is 0 Å². The molecule has 0 radical (unpaired) electrons. The summed E-state index contributed by atoms with van der Waals surface area (Å²) in [6, 6.07) is 6.60. The summed E-state index contributed by atoms with van der Waals surface area (Å²) in [6.07, 6.45) is 0. The van der Waals surface area contributed by atoms with Gasteiger partial charge in [-0.15, -0.1) is 0 Å². The molecule has 58 valence electrons. The molecule has 1 rings (SSSR count). The van der Waals surface area contributed by atoms with Crippen LogP contribution in [0.25, 0.3) is 0 Å². The van der Waals surface area contributed by atoms with Crippen molar-refractivity contribution in [1.82, 2.24) is 0 Å². The van der Waals surface area contributed by atoms with Crippen LogP contribution in [0.2, 0.25) is 0 Å². The maximum absolute atomic E-state index is 8.57. The molecule has 0 bridgehead atoms. The van der Waals surface area contributed by atoms with E-state index >= 15 is 0 Å². The van der Waals surface area contributed by atoms with Crippen molar-refractivity contribution in [2.45, 2.75) is 0 Å². The Balaban J connectivity index is 3.43. The molecule has 0 aliphatic carbocycles. The van der Waals surface area contributed by atoms with E-state index in [4.69, 9.17) is 22.0 Å². The van der Waals surface area contributed by atoms with Gasteiger partial charge in [-0.3, -0.25) is 0 Å². The SMILES string of the molecule is N#Cc1cc(N)c(C#N)c(N)c1. The van der Waals surface area contributed by atoms with E-state index in [0.29, 0.717) is 5.56 Å². The number of anilines is 2. The van der Waals surface area contributed by atoms with Crippen molar-refractivity contribution in [1.29, 1.82) is 10.5 Å². The minimum Gasteiger partial charge on any atom is -0.398 e. The number of hydrogen-bond donors (Lipinski definition) is 2. The lowest BCUT2D eigenvalue weighted by Gasteiger charge is -2.00. The highest BCUT2D eigenvalue weighted by atomic mass is 14.6. The Bertz CT molecular complexity index is 371. The fourth-order valence-electron chi connectivity index (χ4n) is 0.881. The molecular formula is C8H6N4. The molecule has 1 aromatic rings. The van der Waals surface area contributed by atoms with Gasteiger partial charge in [-0.25, -0.2) is 0 Å². The Kier molecular flexibility index (Phi) is 1.85. The van der Waals surface area contributed by atoms with Crippen molar-refractivity contribution >= 4 is 11.4 Å². The molecule has 1 aromatic carbocycles. The summed E-state index contributed by atoms with van der Waals surface area (Å²) in [7, 11) is 0. The van der Waals surface area contributed by atoms with E-state index in [9.17, 15) is 0 Å². The largest absolute Gasteiger partial charge is 0.398 e. The monoisotopic (exact) mass is 158 g/mol. The summed E-state index contributed by atoms with van der Waals surface area (Å²) in [5, 5.41) is 17.1. The third-order valence-electron chi connectivity index (χ3n) is 1.44. The van der Waals surface area contributed by atoms with E-state index in [1.807, 2.05) is 12.1 Å². The van der Waals surface area contributed by atoms with Crippen LogP contribution in [-0.2, 0) is 0 Å². The van der Waals surface area contributed by atoms with Gasteiger partial charge in [-0.2, -0.15) is 10.5 Å². The van der Waals surface area contributed by atoms with Crippen molar-refractivity contribution < 1.29 is 0 Å². The van der Waals surface area contributed by atoms with Crippen LogP contribution >= 0.6 is 0 Å². The fraction of sp³-hybridized carbons (Fsp3) is 0. The van der Waals surface area contributed by atoms with E-state index in [1.165, 1.54) is 12.1 Å². The Labute approximate surface area is 69.6 Å². The Morgan fingerprint density at radius 3 is 1.83 bits per heavy atom. The molecule has 4 nitrogen and oxygen atoms in total. The van der Waals surface area contributed by atoms with Gasteiger partial charge in [-0.05, 0) is 12.1 Å². The van der Waals surface area contributed by atoms with Crippen molar-refractivity contribution in [3.05, 3.63) is 23.3 Å². The molecule has 0 unspecified atom stereocenters. The second kappa shape index (κ2) is 2.81. The third-order valence-corrected chi connectivity index (χ3v) is 1.44. The average Bonchev–Trinajstić information content (AvgIpc) is 2.03. The van der Waals surface area contributed by atoms with E-state index in [-0.39, 0.29) is 16.9 Å². The highest BCUT2D eigenvalue weighted by molar-refractivity contribution is 5.70. The molecule has 0 spiro atoms. The summed E-state index contributed by atoms with van der Waals surface area (Å²) in [4.78, 5) is 0. The molecule has 0 atom stereocenters. The molecule has 12 heavy (non-hydrogen) atoms. The zero-order chi connectivity index (χ0) is 9.14. The summed E-state index contributed by atoms with van der Waals surface area (Å²) in [5.41, 5.74) is 12.0. The maximum atomic E-state index is 8.57. The molecule has 0 aliphatic rings. The molecule has 0 saturated heterocycles. The van der Waals surface area contributed by atoms with E-state index in [1.54, 1.807) is 0 Å². The number of nitrogens with zero attached hydrogens (tertiary/aromatic N) is 2. The van der Waals surface area contributed by atoms with Crippen LogP contribution in [0.4, 0.5) is 11.4 Å². The van der Waals surface area contributed by atoms with Crippen LogP contribution in [0.15, 0.2) is 12.1 Å². The van der Waals surface area contributed by atoms with Gasteiger partial charge < -0.3 is 11.5 Å².